The van der Waals surface area contributed by atoms with Crippen molar-refractivity contribution >= 4 is 23.6 Å². The van der Waals surface area contributed by atoms with Gasteiger partial charge in [-0.25, -0.2) is 8.78 Å². The topological polar surface area (TPSA) is 57.6 Å². The van der Waals surface area contributed by atoms with Gasteiger partial charge in [0.2, 0.25) is 0 Å². The highest BCUT2D eigenvalue weighted by molar-refractivity contribution is 7.99. The van der Waals surface area contributed by atoms with Gasteiger partial charge < -0.3 is 10.0 Å². The third-order valence-corrected chi connectivity index (χ3v) is 4.49. The van der Waals surface area contributed by atoms with Crippen LogP contribution in [0, 0.1) is 18.6 Å². The quantitative estimate of drug-likeness (QED) is 0.930. The average molecular weight is 315 g/mol. The maximum Gasteiger partial charge on any atom is 0.305 e. The van der Waals surface area contributed by atoms with Crippen LogP contribution in [0.1, 0.15) is 22.3 Å². The third-order valence-electron chi connectivity index (χ3n) is 3.40. The summed E-state index contributed by atoms with van der Waals surface area (Å²) in [5.41, 5.74) is -0.418. The molecule has 1 fully saturated rings. The molecule has 1 unspecified atom stereocenters. The summed E-state index contributed by atoms with van der Waals surface area (Å²) in [6.45, 7) is 1.74. The van der Waals surface area contributed by atoms with Crippen molar-refractivity contribution in [3.8, 4) is 0 Å². The molecule has 1 atom stereocenters. The number of aliphatic carboxylic acids is 1. The van der Waals surface area contributed by atoms with E-state index in [2.05, 4.69) is 0 Å². The van der Waals surface area contributed by atoms with E-state index >= 15 is 0 Å². The Morgan fingerprint density at radius 1 is 1.43 bits per heavy atom. The number of carboxylic acids is 1. The fourth-order valence-corrected chi connectivity index (χ4v) is 3.35. The number of carbonyl (C=O) groups is 2. The highest BCUT2D eigenvalue weighted by atomic mass is 32.2. The molecule has 4 nitrogen and oxygen atoms in total. The molecule has 114 valence electrons. The first kappa shape index (κ1) is 15.8. The minimum absolute atomic E-state index is 0.181. The van der Waals surface area contributed by atoms with Gasteiger partial charge in [-0.3, -0.25) is 9.59 Å². The molecule has 1 aliphatic heterocycles. The second-order valence-electron chi connectivity index (χ2n) is 4.88. The average Bonchev–Trinajstić information content (AvgIpc) is 2.43. The largest absolute Gasteiger partial charge is 0.481 e. The molecule has 7 heteroatoms. The number of carbonyl (C=O) groups excluding carboxylic acids is 1. The molecule has 1 aliphatic rings. The number of carboxylic acid groups (broad SMARTS) is 1. The van der Waals surface area contributed by atoms with E-state index in [9.17, 15) is 18.4 Å². The normalized spacial score (nSPS) is 18.6. The molecular weight excluding hydrogens is 300 g/mol. The van der Waals surface area contributed by atoms with Crippen molar-refractivity contribution in [3.05, 3.63) is 34.9 Å². The van der Waals surface area contributed by atoms with E-state index in [1.807, 2.05) is 0 Å². The Morgan fingerprint density at radius 3 is 2.81 bits per heavy atom. The molecule has 0 radical (unpaired) electrons. The standard InChI is InChI=1S/C14H15F2NO3S/c1-8-2-3-10(15)12(13(8)16)14(20)17-4-5-21-7-9(17)6-11(18)19/h2-3,9H,4-7H2,1H3,(H,18,19). The van der Waals surface area contributed by atoms with E-state index in [4.69, 9.17) is 5.11 Å². The zero-order valence-electron chi connectivity index (χ0n) is 11.4. The molecular formula is C14H15F2NO3S. The molecule has 1 aromatic carbocycles. The first-order chi connectivity index (χ1) is 9.91. The van der Waals surface area contributed by atoms with Gasteiger partial charge in [-0.1, -0.05) is 6.07 Å². The van der Waals surface area contributed by atoms with Gasteiger partial charge in [0, 0.05) is 18.1 Å². The number of benzene rings is 1. The highest BCUT2D eigenvalue weighted by Crippen LogP contribution is 2.24. The van der Waals surface area contributed by atoms with Crippen molar-refractivity contribution in [2.45, 2.75) is 19.4 Å². The fraction of sp³-hybridized carbons (Fsp3) is 0.429. The second-order valence-corrected chi connectivity index (χ2v) is 6.03. The monoisotopic (exact) mass is 315 g/mol. The first-order valence-electron chi connectivity index (χ1n) is 6.47. The summed E-state index contributed by atoms with van der Waals surface area (Å²) in [5.74, 6) is -2.54. The number of aryl methyl sites for hydroxylation is 1. The Labute approximate surface area is 125 Å². The number of nitrogens with zero attached hydrogens (tertiary/aromatic N) is 1. The molecule has 1 amide bonds. The van der Waals surface area contributed by atoms with Gasteiger partial charge in [0.25, 0.3) is 5.91 Å². The lowest BCUT2D eigenvalue weighted by atomic mass is 10.1. The lowest BCUT2D eigenvalue weighted by molar-refractivity contribution is -0.138. The van der Waals surface area contributed by atoms with E-state index < -0.39 is 35.1 Å². The zero-order valence-corrected chi connectivity index (χ0v) is 12.3. The van der Waals surface area contributed by atoms with Gasteiger partial charge in [0.15, 0.2) is 0 Å². The third kappa shape index (κ3) is 3.34. The van der Waals surface area contributed by atoms with Gasteiger partial charge in [-0.05, 0) is 18.6 Å². The molecule has 0 aromatic heterocycles. The van der Waals surface area contributed by atoms with E-state index in [0.717, 1.165) is 6.07 Å². The summed E-state index contributed by atoms with van der Waals surface area (Å²) in [6, 6.07) is 1.77. The molecule has 0 spiro atoms. The summed E-state index contributed by atoms with van der Waals surface area (Å²) in [5, 5.41) is 8.89. The van der Waals surface area contributed by atoms with Gasteiger partial charge in [-0.2, -0.15) is 11.8 Å². The van der Waals surface area contributed by atoms with Crippen molar-refractivity contribution in [2.24, 2.45) is 0 Å². The van der Waals surface area contributed by atoms with Crippen LogP contribution in [0.25, 0.3) is 0 Å². The van der Waals surface area contributed by atoms with Crippen LogP contribution in [0.15, 0.2) is 12.1 Å². The number of amides is 1. The fourth-order valence-electron chi connectivity index (χ4n) is 2.29. The van der Waals surface area contributed by atoms with Crippen molar-refractivity contribution in [1.82, 2.24) is 4.90 Å². The summed E-state index contributed by atoms with van der Waals surface area (Å²) >= 11 is 1.53. The Balaban J connectivity index is 2.33. The van der Waals surface area contributed by atoms with E-state index in [0.29, 0.717) is 11.5 Å². The zero-order chi connectivity index (χ0) is 15.6. The molecule has 2 rings (SSSR count). The Morgan fingerprint density at radius 2 is 2.14 bits per heavy atom. The molecule has 21 heavy (non-hydrogen) atoms. The van der Waals surface area contributed by atoms with Crippen molar-refractivity contribution in [2.75, 3.05) is 18.1 Å². The van der Waals surface area contributed by atoms with Crippen LogP contribution in [-0.4, -0.2) is 46.0 Å². The Kier molecular flexibility index (Phi) is 4.82. The molecule has 1 N–H and O–H groups in total. The van der Waals surface area contributed by atoms with E-state index in [-0.39, 0.29) is 18.5 Å². The van der Waals surface area contributed by atoms with Gasteiger partial charge in [0.1, 0.15) is 17.2 Å². The summed E-state index contributed by atoms with van der Waals surface area (Å²) in [7, 11) is 0. The lowest BCUT2D eigenvalue weighted by Crippen LogP contribution is -2.47. The number of thioether (sulfide) groups is 1. The van der Waals surface area contributed by atoms with Crippen LogP contribution in [0.3, 0.4) is 0 Å². The molecule has 1 aromatic rings. The predicted molar refractivity (Wildman–Crippen MR) is 75.5 cm³/mol. The molecule has 0 aliphatic carbocycles. The predicted octanol–water partition coefficient (Wildman–Crippen LogP) is 2.31. The van der Waals surface area contributed by atoms with Gasteiger partial charge in [0.05, 0.1) is 12.5 Å². The van der Waals surface area contributed by atoms with Crippen molar-refractivity contribution in [3.63, 3.8) is 0 Å². The maximum atomic E-state index is 14.0. The Bertz CT molecular complexity index is 580. The number of rotatable bonds is 3. The lowest BCUT2D eigenvalue weighted by Gasteiger charge is -2.34. The number of hydrogen-bond donors (Lipinski definition) is 1. The first-order valence-corrected chi connectivity index (χ1v) is 7.62. The van der Waals surface area contributed by atoms with Gasteiger partial charge >= 0.3 is 5.97 Å². The van der Waals surface area contributed by atoms with Gasteiger partial charge in [-0.15, -0.1) is 0 Å². The molecule has 1 saturated heterocycles. The van der Waals surface area contributed by atoms with Crippen LogP contribution in [0.4, 0.5) is 8.78 Å². The second kappa shape index (κ2) is 6.43. The SMILES string of the molecule is Cc1ccc(F)c(C(=O)N2CCSCC2CC(=O)O)c1F. The molecule has 0 bridgehead atoms. The number of hydrogen-bond acceptors (Lipinski definition) is 3. The summed E-state index contributed by atoms with van der Waals surface area (Å²) in [4.78, 5) is 24.6. The molecule has 0 saturated carbocycles. The number of halogens is 2. The maximum absolute atomic E-state index is 14.0. The van der Waals surface area contributed by atoms with Crippen LogP contribution in [-0.2, 0) is 4.79 Å². The van der Waals surface area contributed by atoms with Crippen LogP contribution < -0.4 is 0 Å². The highest BCUT2D eigenvalue weighted by Gasteiger charge is 2.32. The summed E-state index contributed by atoms with van der Waals surface area (Å²) in [6.07, 6.45) is -0.228. The van der Waals surface area contributed by atoms with E-state index in [1.54, 1.807) is 0 Å². The summed E-state index contributed by atoms with van der Waals surface area (Å²) < 4.78 is 27.9. The Hall–Kier alpha value is -1.63. The van der Waals surface area contributed by atoms with Crippen LogP contribution in [0.2, 0.25) is 0 Å². The van der Waals surface area contributed by atoms with Crippen LogP contribution >= 0.6 is 11.8 Å². The van der Waals surface area contributed by atoms with E-state index in [1.165, 1.54) is 29.7 Å². The van der Waals surface area contributed by atoms with Crippen molar-refractivity contribution in [1.29, 1.82) is 0 Å². The van der Waals surface area contributed by atoms with Crippen molar-refractivity contribution < 1.29 is 23.5 Å². The minimum atomic E-state index is -1.04. The smallest absolute Gasteiger partial charge is 0.305 e. The molecule has 1 heterocycles. The minimum Gasteiger partial charge on any atom is -0.481 e. The van der Waals surface area contributed by atoms with Crippen LogP contribution in [0.5, 0.6) is 0 Å².